The first kappa shape index (κ1) is 15.8. The molecular formula is C13H14F3NO3S. The molecule has 116 valence electrons. The van der Waals surface area contributed by atoms with Crippen LogP contribution in [0.3, 0.4) is 0 Å². The molecule has 2 rings (SSSR count). The first-order chi connectivity index (χ1) is 9.60. The number of carbonyl (C=O) groups excluding carboxylic acids is 1. The number of carboxylic acid groups (broad SMARTS) is 1. The molecule has 0 saturated carbocycles. The average molecular weight is 321 g/mol. The molecule has 21 heavy (non-hydrogen) atoms. The number of thiophene rings is 1. The monoisotopic (exact) mass is 321 g/mol. The number of likely N-dealkylation sites (tertiary alicyclic amines) is 1. The molecule has 4 nitrogen and oxygen atoms in total. The van der Waals surface area contributed by atoms with Crippen LogP contribution in [0.1, 0.15) is 27.2 Å². The molecule has 0 aliphatic carbocycles. The summed E-state index contributed by atoms with van der Waals surface area (Å²) >= 11 is 1.34. The number of halogens is 3. The lowest BCUT2D eigenvalue weighted by Crippen LogP contribution is -2.47. The fourth-order valence-electron chi connectivity index (χ4n) is 2.41. The highest BCUT2D eigenvalue weighted by Crippen LogP contribution is 2.46. The molecule has 1 atom stereocenters. The number of alkyl halides is 3. The van der Waals surface area contributed by atoms with Crippen LogP contribution in [0.5, 0.6) is 0 Å². The molecule has 0 radical (unpaired) electrons. The summed E-state index contributed by atoms with van der Waals surface area (Å²) in [7, 11) is 0. The van der Waals surface area contributed by atoms with Crippen molar-refractivity contribution in [3.05, 3.63) is 21.4 Å². The van der Waals surface area contributed by atoms with E-state index in [1.54, 1.807) is 12.3 Å². The highest BCUT2D eigenvalue weighted by Gasteiger charge is 2.64. The number of carbonyl (C=O) groups is 2. The molecule has 1 unspecified atom stereocenters. The van der Waals surface area contributed by atoms with Crippen LogP contribution >= 0.6 is 11.3 Å². The lowest BCUT2D eigenvalue weighted by atomic mass is 9.86. The van der Waals surface area contributed by atoms with Crippen LogP contribution in [0.2, 0.25) is 0 Å². The van der Waals surface area contributed by atoms with E-state index in [0.717, 1.165) is 15.3 Å². The molecule has 1 aromatic rings. The molecule has 1 aromatic heterocycles. The van der Waals surface area contributed by atoms with E-state index in [-0.39, 0.29) is 6.54 Å². The maximum absolute atomic E-state index is 13.1. The predicted octanol–water partition coefficient (Wildman–Crippen LogP) is 2.84. The minimum Gasteiger partial charge on any atom is -0.481 e. The van der Waals surface area contributed by atoms with Gasteiger partial charge in [-0.05, 0) is 25.8 Å². The Morgan fingerprint density at radius 2 is 2.00 bits per heavy atom. The quantitative estimate of drug-likeness (QED) is 0.911. The summed E-state index contributed by atoms with van der Waals surface area (Å²) in [5, 5.41) is 10.6. The van der Waals surface area contributed by atoms with Crippen LogP contribution in [0.15, 0.2) is 5.38 Å². The van der Waals surface area contributed by atoms with Crippen LogP contribution < -0.4 is 0 Å². The highest BCUT2D eigenvalue weighted by atomic mass is 32.1. The third-order valence-corrected chi connectivity index (χ3v) is 5.04. The minimum atomic E-state index is -4.88. The van der Waals surface area contributed by atoms with Gasteiger partial charge in [0.2, 0.25) is 0 Å². The number of rotatable bonds is 2. The van der Waals surface area contributed by atoms with Gasteiger partial charge in [-0.3, -0.25) is 9.59 Å². The largest absolute Gasteiger partial charge is 0.481 e. The number of nitrogens with zero attached hydrogens (tertiary/aromatic N) is 1. The summed E-state index contributed by atoms with van der Waals surface area (Å²) in [4.78, 5) is 25.3. The van der Waals surface area contributed by atoms with Crippen LogP contribution in [0, 0.1) is 19.3 Å². The predicted molar refractivity (Wildman–Crippen MR) is 70.4 cm³/mol. The Balaban J connectivity index is 2.28. The lowest BCUT2D eigenvalue weighted by molar-refractivity contribution is -0.227. The van der Waals surface area contributed by atoms with Crippen molar-refractivity contribution in [3.8, 4) is 0 Å². The van der Waals surface area contributed by atoms with E-state index in [9.17, 15) is 22.8 Å². The maximum atomic E-state index is 13.1. The van der Waals surface area contributed by atoms with Crippen molar-refractivity contribution in [1.82, 2.24) is 4.90 Å². The summed E-state index contributed by atoms with van der Waals surface area (Å²) in [5.74, 6) is -2.47. The van der Waals surface area contributed by atoms with Crippen LogP contribution in [0.4, 0.5) is 13.2 Å². The minimum absolute atomic E-state index is 0.209. The van der Waals surface area contributed by atoms with Gasteiger partial charge in [0.25, 0.3) is 5.91 Å². The van der Waals surface area contributed by atoms with Crippen molar-refractivity contribution in [2.75, 3.05) is 13.1 Å². The van der Waals surface area contributed by atoms with E-state index in [4.69, 9.17) is 5.11 Å². The van der Waals surface area contributed by atoms with Crippen LogP contribution in [-0.2, 0) is 4.79 Å². The SMILES string of the molecule is Cc1scc(C(=O)N2CCC(C(=O)O)(C(F)(F)F)C2)c1C. The normalized spacial score (nSPS) is 22.6. The van der Waals surface area contributed by atoms with Gasteiger partial charge in [0.15, 0.2) is 5.41 Å². The molecular weight excluding hydrogens is 307 g/mol. The van der Waals surface area contributed by atoms with Gasteiger partial charge in [-0.15, -0.1) is 11.3 Å². The fraction of sp³-hybridized carbons (Fsp3) is 0.538. The van der Waals surface area contributed by atoms with Gasteiger partial charge in [-0.2, -0.15) is 13.2 Å². The van der Waals surface area contributed by atoms with Crippen LogP contribution in [0.25, 0.3) is 0 Å². The summed E-state index contributed by atoms with van der Waals surface area (Å²) in [6, 6.07) is 0. The Kier molecular flexibility index (Phi) is 3.77. The number of amides is 1. The topological polar surface area (TPSA) is 57.6 Å². The van der Waals surface area contributed by atoms with Crippen molar-refractivity contribution < 1.29 is 27.9 Å². The van der Waals surface area contributed by atoms with Crippen molar-refractivity contribution in [2.45, 2.75) is 26.4 Å². The number of aliphatic carboxylic acids is 1. The molecule has 1 aliphatic heterocycles. The number of aryl methyl sites for hydroxylation is 1. The molecule has 0 spiro atoms. The summed E-state index contributed by atoms with van der Waals surface area (Å²) < 4.78 is 39.2. The highest BCUT2D eigenvalue weighted by molar-refractivity contribution is 7.10. The third kappa shape index (κ3) is 2.41. The zero-order valence-corrected chi connectivity index (χ0v) is 12.3. The van der Waals surface area contributed by atoms with Gasteiger partial charge in [0.05, 0.1) is 5.56 Å². The number of hydrogen-bond acceptors (Lipinski definition) is 3. The Morgan fingerprint density at radius 3 is 2.38 bits per heavy atom. The van der Waals surface area contributed by atoms with E-state index >= 15 is 0 Å². The molecule has 1 amide bonds. The van der Waals surface area contributed by atoms with Gasteiger partial charge < -0.3 is 10.0 Å². The van der Waals surface area contributed by atoms with E-state index < -0.39 is 36.4 Å². The van der Waals surface area contributed by atoms with E-state index in [1.165, 1.54) is 11.3 Å². The third-order valence-electron chi connectivity index (χ3n) is 4.02. The number of hydrogen-bond donors (Lipinski definition) is 1. The molecule has 1 aliphatic rings. The standard InChI is InChI=1S/C13H14F3NO3S/c1-7-8(2)21-5-9(7)10(18)17-4-3-12(6-17,11(19)20)13(14,15)16/h5H,3-4,6H2,1-2H3,(H,19,20). The molecule has 1 saturated heterocycles. The summed E-state index contributed by atoms with van der Waals surface area (Å²) in [6.45, 7) is 2.50. The van der Waals surface area contributed by atoms with Gasteiger partial charge in [-0.1, -0.05) is 0 Å². The molecule has 0 bridgehead atoms. The average Bonchev–Trinajstić information content (AvgIpc) is 2.95. The first-order valence-electron chi connectivity index (χ1n) is 6.24. The molecule has 2 heterocycles. The van der Waals surface area contributed by atoms with E-state index in [2.05, 4.69) is 0 Å². The summed E-state index contributed by atoms with van der Waals surface area (Å²) in [6.07, 6.45) is -5.49. The van der Waals surface area contributed by atoms with Gasteiger partial charge in [-0.25, -0.2) is 0 Å². The Morgan fingerprint density at radius 1 is 1.38 bits per heavy atom. The molecule has 0 aromatic carbocycles. The Hall–Kier alpha value is -1.57. The maximum Gasteiger partial charge on any atom is 0.406 e. The second kappa shape index (κ2) is 5.01. The van der Waals surface area contributed by atoms with Gasteiger partial charge >= 0.3 is 12.1 Å². The number of carboxylic acids is 1. The van der Waals surface area contributed by atoms with Crippen molar-refractivity contribution in [2.24, 2.45) is 5.41 Å². The fourth-order valence-corrected chi connectivity index (χ4v) is 3.26. The zero-order valence-electron chi connectivity index (χ0n) is 11.5. The smallest absolute Gasteiger partial charge is 0.406 e. The van der Waals surface area contributed by atoms with Gasteiger partial charge in [0, 0.05) is 23.3 Å². The lowest BCUT2D eigenvalue weighted by Gasteiger charge is -2.27. The van der Waals surface area contributed by atoms with Crippen molar-refractivity contribution >= 4 is 23.2 Å². The van der Waals surface area contributed by atoms with Crippen molar-refractivity contribution in [3.63, 3.8) is 0 Å². The molecule has 8 heteroatoms. The first-order valence-corrected chi connectivity index (χ1v) is 7.12. The summed E-state index contributed by atoms with van der Waals surface area (Å²) in [5.41, 5.74) is -1.78. The zero-order chi connectivity index (χ0) is 16.0. The van der Waals surface area contributed by atoms with Crippen LogP contribution in [-0.4, -0.2) is 41.1 Å². The molecule has 1 N–H and O–H groups in total. The second-order valence-electron chi connectivity index (χ2n) is 5.19. The Bertz CT molecular complexity index is 596. The van der Waals surface area contributed by atoms with Crippen molar-refractivity contribution in [1.29, 1.82) is 0 Å². The molecule has 1 fully saturated rings. The van der Waals surface area contributed by atoms with E-state index in [1.807, 2.05) is 6.92 Å². The Labute approximate surface area is 123 Å². The van der Waals surface area contributed by atoms with E-state index in [0.29, 0.717) is 5.56 Å². The second-order valence-corrected chi connectivity index (χ2v) is 6.28. The van der Waals surface area contributed by atoms with Gasteiger partial charge in [0.1, 0.15) is 0 Å².